The Morgan fingerprint density at radius 3 is 2.48 bits per heavy atom. The zero-order valence-electron chi connectivity index (χ0n) is 11.0. The number of rotatable bonds is 4. The molecule has 0 radical (unpaired) electrons. The standard InChI is InChI=1S/C11H12Cl2N2O5S/c1-6(10(16)15-11(17)14-2)20-8-4-3-7(12)5-9(8)21(13,18)19/h3-6H,1-2H3,(H2,14,15,16,17). The number of imide groups is 1. The van der Waals surface area contributed by atoms with Crippen molar-refractivity contribution < 1.29 is 22.7 Å². The average Bonchev–Trinajstić information content (AvgIpc) is 2.39. The summed E-state index contributed by atoms with van der Waals surface area (Å²) in [5.41, 5.74) is 0. The van der Waals surface area contributed by atoms with Crippen molar-refractivity contribution in [2.45, 2.75) is 17.9 Å². The third-order valence-electron chi connectivity index (χ3n) is 2.31. The molecule has 0 saturated heterocycles. The highest BCUT2D eigenvalue weighted by atomic mass is 35.7. The summed E-state index contributed by atoms with van der Waals surface area (Å²) >= 11 is 5.70. The largest absolute Gasteiger partial charge is 0.479 e. The second kappa shape index (κ2) is 6.97. The van der Waals surface area contributed by atoms with Gasteiger partial charge in [0.15, 0.2) is 6.10 Å². The smallest absolute Gasteiger partial charge is 0.321 e. The fourth-order valence-electron chi connectivity index (χ4n) is 1.29. The first-order valence-corrected chi connectivity index (χ1v) is 8.27. The molecular weight excluding hydrogens is 343 g/mol. The van der Waals surface area contributed by atoms with Crippen LogP contribution in [0.5, 0.6) is 5.75 Å². The predicted octanol–water partition coefficient (Wildman–Crippen LogP) is 1.49. The number of carbonyl (C=O) groups is 2. The van der Waals surface area contributed by atoms with E-state index in [9.17, 15) is 18.0 Å². The van der Waals surface area contributed by atoms with E-state index >= 15 is 0 Å². The molecule has 0 fully saturated rings. The first-order valence-electron chi connectivity index (χ1n) is 5.58. The molecule has 0 aromatic heterocycles. The Morgan fingerprint density at radius 1 is 1.33 bits per heavy atom. The number of nitrogens with one attached hydrogen (secondary N) is 2. The number of benzene rings is 1. The maximum absolute atomic E-state index is 11.6. The van der Waals surface area contributed by atoms with Crippen LogP contribution in [0, 0.1) is 0 Å². The molecule has 0 aliphatic carbocycles. The van der Waals surface area contributed by atoms with Gasteiger partial charge in [-0.3, -0.25) is 10.1 Å². The number of ether oxygens (including phenoxy) is 1. The van der Waals surface area contributed by atoms with E-state index in [0.29, 0.717) is 0 Å². The van der Waals surface area contributed by atoms with Crippen LogP contribution in [-0.4, -0.2) is 33.5 Å². The molecular formula is C11H12Cl2N2O5S. The van der Waals surface area contributed by atoms with Crippen LogP contribution in [0.4, 0.5) is 4.79 Å². The lowest BCUT2D eigenvalue weighted by Gasteiger charge is -2.15. The third-order valence-corrected chi connectivity index (χ3v) is 3.88. The lowest BCUT2D eigenvalue weighted by atomic mass is 10.3. The van der Waals surface area contributed by atoms with E-state index in [2.05, 4.69) is 5.32 Å². The van der Waals surface area contributed by atoms with Crippen molar-refractivity contribution in [1.29, 1.82) is 0 Å². The SMILES string of the molecule is CNC(=O)NC(=O)C(C)Oc1ccc(Cl)cc1S(=O)(=O)Cl. The highest BCUT2D eigenvalue weighted by molar-refractivity contribution is 8.13. The lowest BCUT2D eigenvalue weighted by molar-refractivity contribution is -0.126. The van der Waals surface area contributed by atoms with Crippen LogP contribution in [0.2, 0.25) is 5.02 Å². The topological polar surface area (TPSA) is 102 Å². The monoisotopic (exact) mass is 354 g/mol. The molecule has 116 valence electrons. The van der Waals surface area contributed by atoms with Gasteiger partial charge in [-0.05, 0) is 25.1 Å². The Bertz CT molecular complexity index is 663. The highest BCUT2D eigenvalue weighted by Gasteiger charge is 2.22. The van der Waals surface area contributed by atoms with Gasteiger partial charge >= 0.3 is 6.03 Å². The maximum Gasteiger partial charge on any atom is 0.321 e. The second-order valence-electron chi connectivity index (χ2n) is 3.86. The Hall–Kier alpha value is -1.51. The molecule has 21 heavy (non-hydrogen) atoms. The summed E-state index contributed by atoms with van der Waals surface area (Å²) in [5, 5.41) is 4.34. The van der Waals surface area contributed by atoms with Crippen molar-refractivity contribution >= 4 is 43.3 Å². The van der Waals surface area contributed by atoms with Crippen LogP contribution < -0.4 is 15.4 Å². The van der Waals surface area contributed by atoms with Gasteiger partial charge in [0.1, 0.15) is 10.6 Å². The van der Waals surface area contributed by atoms with Gasteiger partial charge < -0.3 is 10.1 Å². The van der Waals surface area contributed by atoms with Crippen LogP contribution in [-0.2, 0) is 13.8 Å². The van der Waals surface area contributed by atoms with E-state index in [4.69, 9.17) is 27.0 Å². The zero-order chi connectivity index (χ0) is 16.2. The molecule has 1 aromatic rings. The van der Waals surface area contributed by atoms with E-state index in [-0.39, 0.29) is 15.7 Å². The molecule has 7 nitrogen and oxygen atoms in total. The van der Waals surface area contributed by atoms with E-state index in [1.54, 1.807) is 0 Å². The van der Waals surface area contributed by atoms with Crippen molar-refractivity contribution in [2.24, 2.45) is 0 Å². The summed E-state index contributed by atoms with van der Waals surface area (Å²) in [6.45, 7) is 1.34. The number of amides is 3. The molecule has 10 heteroatoms. The first kappa shape index (κ1) is 17.5. The van der Waals surface area contributed by atoms with E-state index < -0.39 is 27.1 Å². The van der Waals surface area contributed by atoms with Crippen LogP contribution in [0.25, 0.3) is 0 Å². The second-order valence-corrected chi connectivity index (χ2v) is 6.83. The zero-order valence-corrected chi connectivity index (χ0v) is 13.3. The van der Waals surface area contributed by atoms with Crippen molar-refractivity contribution in [3.8, 4) is 5.75 Å². The van der Waals surface area contributed by atoms with E-state index in [1.165, 1.54) is 26.1 Å². The van der Waals surface area contributed by atoms with Gasteiger partial charge in [-0.1, -0.05) is 11.6 Å². The molecule has 2 N–H and O–H groups in total. The van der Waals surface area contributed by atoms with Gasteiger partial charge in [0.25, 0.3) is 15.0 Å². The molecule has 1 aromatic carbocycles. The van der Waals surface area contributed by atoms with Gasteiger partial charge in [0.05, 0.1) is 0 Å². The van der Waals surface area contributed by atoms with Gasteiger partial charge in [-0.15, -0.1) is 0 Å². The molecule has 1 rings (SSSR count). The number of hydrogen-bond acceptors (Lipinski definition) is 5. The Balaban J connectivity index is 2.98. The summed E-state index contributed by atoms with van der Waals surface area (Å²) in [5.74, 6) is -0.892. The molecule has 0 heterocycles. The fourth-order valence-corrected chi connectivity index (χ4v) is 2.51. The quantitative estimate of drug-likeness (QED) is 0.797. The van der Waals surface area contributed by atoms with Crippen molar-refractivity contribution in [1.82, 2.24) is 10.6 Å². The van der Waals surface area contributed by atoms with Crippen molar-refractivity contribution in [3.63, 3.8) is 0 Å². The fraction of sp³-hybridized carbons (Fsp3) is 0.273. The van der Waals surface area contributed by atoms with Crippen molar-refractivity contribution in [2.75, 3.05) is 7.05 Å². The summed E-state index contributed by atoms with van der Waals surface area (Å²) < 4.78 is 28.1. The summed E-state index contributed by atoms with van der Waals surface area (Å²) in [4.78, 5) is 22.3. The van der Waals surface area contributed by atoms with Crippen LogP contribution >= 0.6 is 22.3 Å². The highest BCUT2D eigenvalue weighted by Crippen LogP contribution is 2.30. The summed E-state index contributed by atoms with van der Waals surface area (Å²) in [6, 6.07) is 3.03. The molecule has 1 unspecified atom stereocenters. The first-order chi connectivity index (χ1) is 9.65. The third kappa shape index (κ3) is 5.07. The predicted molar refractivity (Wildman–Crippen MR) is 77.2 cm³/mol. The van der Waals surface area contributed by atoms with Gasteiger partial charge in [0.2, 0.25) is 0 Å². The number of halogens is 2. The summed E-state index contributed by atoms with van der Waals surface area (Å²) in [7, 11) is 2.51. The molecule has 0 saturated carbocycles. The normalized spacial score (nSPS) is 12.4. The van der Waals surface area contributed by atoms with Crippen LogP contribution in [0.15, 0.2) is 23.1 Å². The van der Waals surface area contributed by atoms with Crippen molar-refractivity contribution in [3.05, 3.63) is 23.2 Å². The Labute approximate surface area is 131 Å². The molecule has 3 amide bonds. The number of hydrogen-bond donors (Lipinski definition) is 2. The van der Waals surface area contributed by atoms with E-state index in [1.807, 2.05) is 5.32 Å². The average molecular weight is 355 g/mol. The molecule has 0 aliphatic rings. The molecule has 0 bridgehead atoms. The Kier molecular flexibility index (Phi) is 5.82. The van der Waals surface area contributed by atoms with Crippen LogP contribution in [0.3, 0.4) is 0 Å². The number of urea groups is 1. The summed E-state index contributed by atoms with van der Waals surface area (Å²) in [6.07, 6.45) is -1.12. The van der Waals surface area contributed by atoms with Crippen LogP contribution in [0.1, 0.15) is 6.92 Å². The number of carbonyl (C=O) groups excluding carboxylic acids is 2. The maximum atomic E-state index is 11.6. The molecule has 1 atom stereocenters. The minimum absolute atomic E-state index is 0.143. The molecule has 0 aliphatic heterocycles. The van der Waals surface area contributed by atoms with Gasteiger partial charge in [0, 0.05) is 22.8 Å². The van der Waals surface area contributed by atoms with Gasteiger partial charge in [-0.25, -0.2) is 13.2 Å². The molecule has 0 spiro atoms. The lowest BCUT2D eigenvalue weighted by Crippen LogP contribution is -2.44. The minimum Gasteiger partial charge on any atom is -0.479 e. The van der Waals surface area contributed by atoms with E-state index in [0.717, 1.165) is 6.07 Å². The van der Waals surface area contributed by atoms with Gasteiger partial charge in [-0.2, -0.15) is 0 Å². The minimum atomic E-state index is -4.10. The Morgan fingerprint density at radius 2 is 1.95 bits per heavy atom.